The van der Waals surface area contributed by atoms with Crippen molar-refractivity contribution in [3.8, 4) is 11.3 Å². The van der Waals surface area contributed by atoms with Gasteiger partial charge in [0.25, 0.3) is 5.56 Å². The van der Waals surface area contributed by atoms with Crippen molar-refractivity contribution in [3.05, 3.63) is 65.2 Å². The second-order valence-corrected chi connectivity index (χ2v) is 7.73. The molecule has 4 heterocycles. The molecule has 0 spiro atoms. The largest absolute Gasteiger partial charge is 0.331 e. The van der Waals surface area contributed by atoms with E-state index in [9.17, 15) is 4.79 Å². The van der Waals surface area contributed by atoms with Gasteiger partial charge in [0.1, 0.15) is 5.82 Å². The van der Waals surface area contributed by atoms with Crippen LogP contribution in [0.4, 0.5) is 0 Å². The SMILES string of the molecule is O=c1ccc(-c2cccnc2)nn1CC1CCCN1Cc1nccn1C1CC1. The topological polar surface area (TPSA) is 68.8 Å². The van der Waals surface area contributed by atoms with Gasteiger partial charge in [0, 0.05) is 48.5 Å². The average Bonchev–Trinajstić information content (AvgIpc) is 3.31. The highest BCUT2D eigenvalue weighted by Crippen LogP contribution is 2.36. The van der Waals surface area contributed by atoms with Crippen molar-refractivity contribution in [3.63, 3.8) is 0 Å². The summed E-state index contributed by atoms with van der Waals surface area (Å²) in [6.07, 6.45) is 12.3. The highest BCUT2D eigenvalue weighted by molar-refractivity contribution is 5.56. The highest BCUT2D eigenvalue weighted by Gasteiger charge is 2.30. The second-order valence-electron chi connectivity index (χ2n) is 7.73. The van der Waals surface area contributed by atoms with Crippen LogP contribution in [0.2, 0.25) is 0 Å². The Bertz CT molecular complexity index is 1010. The van der Waals surface area contributed by atoms with E-state index in [1.807, 2.05) is 18.3 Å². The molecule has 0 radical (unpaired) electrons. The minimum absolute atomic E-state index is 0.0565. The zero-order valence-electron chi connectivity index (χ0n) is 15.8. The van der Waals surface area contributed by atoms with E-state index in [0.29, 0.717) is 18.6 Å². The van der Waals surface area contributed by atoms with Gasteiger partial charge in [-0.3, -0.25) is 14.7 Å². The summed E-state index contributed by atoms with van der Waals surface area (Å²) in [5.41, 5.74) is 1.64. The van der Waals surface area contributed by atoms with Crippen molar-refractivity contribution in [2.24, 2.45) is 0 Å². The number of likely N-dealkylation sites (tertiary alicyclic amines) is 1. The monoisotopic (exact) mass is 376 g/mol. The molecule has 2 aliphatic rings. The Balaban J connectivity index is 1.35. The van der Waals surface area contributed by atoms with Gasteiger partial charge in [0.2, 0.25) is 0 Å². The van der Waals surface area contributed by atoms with E-state index in [1.54, 1.807) is 29.2 Å². The van der Waals surface area contributed by atoms with Crippen LogP contribution in [0.3, 0.4) is 0 Å². The van der Waals surface area contributed by atoms with Crippen molar-refractivity contribution >= 4 is 0 Å². The summed E-state index contributed by atoms with van der Waals surface area (Å²) in [7, 11) is 0. The van der Waals surface area contributed by atoms with E-state index < -0.39 is 0 Å². The minimum atomic E-state index is -0.0565. The molecule has 1 aliphatic carbocycles. The number of imidazole rings is 1. The summed E-state index contributed by atoms with van der Waals surface area (Å²) >= 11 is 0. The van der Waals surface area contributed by atoms with Crippen LogP contribution in [0.15, 0.2) is 53.8 Å². The molecule has 3 aromatic rings. The Morgan fingerprint density at radius 1 is 1.11 bits per heavy atom. The van der Waals surface area contributed by atoms with Crippen molar-refractivity contribution in [1.82, 2.24) is 29.2 Å². The maximum absolute atomic E-state index is 12.4. The van der Waals surface area contributed by atoms with Crippen LogP contribution in [0.25, 0.3) is 11.3 Å². The van der Waals surface area contributed by atoms with Crippen LogP contribution >= 0.6 is 0 Å². The second kappa shape index (κ2) is 7.31. The number of aromatic nitrogens is 5. The van der Waals surface area contributed by atoms with Gasteiger partial charge in [-0.2, -0.15) is 5.10 Å². The van der Waals surface area contributed by atoms with Crippen LogP contribution in [0, 0.1) is 0 Å². The lowest BCUT2D eigenvalue weighted by molar-refractivity contribution is 0.209. The van der Waals surface area contributed by atoms with Crippen molar-refractivity contribution in [2.75, 3.05) is 6.54 Å². The van der Waals surface area contributed by atoms with E-state index >= 15 is 0 Å². The van der Waals surface area contributed by atoms with E-state index in [-0.39, 0.29) is 5.56 Å². The Hall–Kier alpha value is -2.80. The number of hydrogen-bond acceptors (Lipinski definition) is 5. The third kappa shape index (κ3) is 3.49. The quantitative estimate of drug-likeness (QED) is 0.661. The van der Waals surface area contributed by atoms with Gasteiger partial charge in [-0.05, 0) is 50.4 Å². The highest BCUT2D eigenvalue weighted by atomic mass is 16.1. The maximum Gasteiger partial charge on any atom is 0.266 e. The smallest absolute Gasteiger partial charge is 0.266 e. The summed E-state index contributed by atoms with van der Waals surface area (Å²) < 4.78 is 3.93. The van der Waals surface area contributed by atoms with Crippen LogP contribution in [-0.2, 0) is 13.1 Å². The summed E-state index contributed by atoms with van der Waals surface area (Å²) in [4.78, 5) is 23.6. The van der Waals surface area contributed by atoms with Gasteiger partial charge in [0.15, 0.2) is 0 Å². The summed E-state index contributed by atoms with van der Waals surface area (Å²) in [5.74, 6) is 1.14. The Labute approximate surface area is 163 Å². The standard InChI is InChI=1S/C21H24N6O/c28-21-8-7-19(16-3-1-9-22-13-16)24-27(21)14-18-4-2-11-25(18)15-20-23-10-12-26(20)17-5-6-17/h1,3,7-10,12-13,17-18H,2,4-6,11,14-15H2. The third-order valence-corrected chi connectivity index (χ3v) is 5.74. The molecule has 0 amide bonds. The molecule has 1 atom stereocenters. The van der Waals surface area contributed by atoms with Gasteiger partial charge in [0.05, 0.1) is 18.8 Å². The fourth-order valence-electron chi connectivity index (χ4n) is 4.09. The average molecular weight is 376 g/mol. The van der Waals surface area contributed by atoms with Gasteiger partial charge in [-0.25, -0.2) is 9.67 Å². The van der Waals surface area contributed by atoms with Gasteiger partial charge in [-0.1, -0.05) is 0 Å². The fraction of sp³-hybridized carbons (Fsp3) is 0.429. The number of pyridine rings is 1. The van der Waals surface area contributed by atoms with Gasteiger partial charge in [-0.15, -0.1) is 0 Å². The van der Waals surface area contributed by atoms with E-state index in [1.165, 1.54) is 12.8 Å². The number of rotatable bonds is 6. The van der Waals surface area contributed by atoms with E-state index in [2.05, 4.69) is 30.7 Å². The first-order valence-corrected chi connectivity index (χ1v) is 10.0. The van der Waals surface area contributed by atoms with Crippen molar-refractivity contribution in [2.45, 2.75) is 50.9 Å². The van der Waals surface area contributed by atoms with Crippen molar-refractivity contribution < 1.29 is 0 Å². The molecule has 2 fully saturated rings. The molecule has 0 aromatic carbocycles. The minimum Gasteiger partial charge on any atom is -0.331 e. The molecule has 28 heavy (non-hydrogen) atoms. The molecular formula is C21H24N6O. The molecule has 1 saturated heterocycles. The van der Waals surface area contributed by atoms with Gasteiger partial charge < -0.3 is 4.57 Å². The lowest BCUT2D eigenvalue weighted by Gasteiger charge is -2.24. The summed E-state index contributed by atoms with van der Waals surface area (Å²) in [6.45, 7) is 2.49. The third-order valence-electron chi connectivity index (χ3n) is 5.74. The molecule has 0 bridgehead atoms. The molecule has 5 rings (SSSR count). The van der Waals surface area contributed by atoms with Crippen LogP contribution < -0.4 is 5.56 Å². The molecule has 1 saturated carbocycles. The molecule has 7 nitrogen and oxygen atoms in total. The molecule has 1 aliphatic heterocycles. The zero-order valence-corrected chi connectivity index (χ0v) is 15.8. The Morgan fingerprint density at radius 3 is 2.86 bits per heavy atom. The first-order chi connectivity index (χ1) is 13.8. The molecule has 3 aromatic heterocycles. The van der Waals surface area contributed by atoms with E-state index in [0.717, 1.165) is 43.0 Å². The summed E-state index contributed by atoms with van der Waals surface area (Å²) in [5, 5.41) is 4.61. The summed E-state index contributed by atoms with van der Waals surface area (Å²) in [6, 6.07) is 8.16. The predicted octanol–water partition coefficient (Wildman–Crippen LogP) is 2.50. The van der Waals surface area contributed by atoms with Gasteiger partial charge >= 0.3 is 0 Å². The van der Waals surface area contributed by atoms with Crippen LogP contribution in [0.5, 0.6) is 0 Å². The number of hydrogen-bond donors (Lipinski definition) is 0. The van der Waals surface area contributed by atoms with Crippen LogP contribution in [0.1, 0.15) is 37.5 Å². The normalized spacial score (nSPS) is 19.9. The first-order valence-electron chi connectivity index (χ1n) is 10.0. The zero-order chi connectivity index (χ0) is 18.9. The predicted molar refractivity (Wildman–Crippen MR) is 106 cm³/mol. The Morgan fingerprint density at radius 2 is 2.04 bits per heavy atom. The van der Waals surface area contributed by atoms with E-state index in [4.69, 9.17) is 0 Å². The van der Waals surface area contributed by atoms with Crippen LogP contribution in [-0.4, -0.2) is 41.8 Å². The molecule has 0 N–H and O–H groups in total. The molecule has 1 unspecified atom stereocenters. The number of nitrogens with zero attached hydrogens (tertiary/aromatic N) is 6. The lowest BCUT2D eigenvalue weighted by Crippen LogP contribution is -2.37. The molecule has 7 heteroatoms. The molecular weight excluding hydrogens is 352 g/mol. The molecule has 144 valence electrons. The lowest BCUT2D eigenvalue weighted by atomic mass is 10.2. The fourth-order valence-corrected chi connectivity index (χ4v) is 4.09. The first kappa shape index (κ1) is 17.3. The Kier molecular flexibility index (Phi) is 4.52. The van der Waals surface area contributed by atoms with Crippen molar-refractivity contribution in [1.29, 1.82) is 0 Å². The maximum atomic E-state index is 12.4.